The molecule has 1 aromatic carbocycles. The van der Waals surface area contributed by atoms with Crippen LogP contribution in [0, 0.1) is 5.92 Å². The zero-order valence-electron chi connectivity index (χ0n) is 23.7. The van der Waals surface area contributed by atoms with Crippen molar-refractivity contribution in [2.45, 2.75) is 95.9 Å². The van der Waals surface area contributed by atoms with Crippen molar-refractivity contribution in [2.75, 3.05) is 12.3 Å². The fourth-order valence-corrected chi connectivity index (χ4v) is 6.19. The molecule has 214 valence electrons. The molecular weight excluding hydrogens is 508 g/mol. The molecule has 0 bridgehead atoms. The lowest BCUT2D eigenvalue weighted by Gasteiger charge is -2.45. The summed E-state index contributed by atoms with van der Waals surface area (Å²) in [5.74, 6) is 1.92. The highest BCUT2D eigenvalue weighted by atomic mass is 16.5. The van der Waals surface area contributed by atoms with E-state index in [9.17, 15) is 10.2 Å². The van der Waals surface area contributed by atoms with Crippen LogP contribution in [0.5, 0.6) is 0 Å². The highest BCUT2D eigenvalue weighted by Gasteiger charge is 2.41. The Labute approximate surface area is 233 Å². The van der Waals surface area contributed by atoms with Gasteiger partial charge in [-0.3, -0.25) is 9.47 Å². The Morgan fingerprint density at radius 1 is 1.20 bits per heavy atom. The molecule has 3 aromatic heterocycles. The predicted octanol–water partition coefficient (Wildman–Crippen LogP) is 3.28. The number of ether oxygens (including phenoxy) is 1. The van der Waals surface area contributed by atoms with Crippen LogP contribution < -0.4 is 5.73 Å². The summed E-state index contributed by atoms with van der Waals surface area (Å²) >= 11 is 0. The van der Waals surface area contributed by atoms with Crippen molar-refractivity contribution >= 4 is 28.0 Å². The second-order valence-corrected chi connectivity index (χ2v) is 12.6. The molecule has 4 heterocycles. The number of aromatic nitrogens is 6. The van der Waals surface area contributed by atoms with Gasteiger partial charge in [0.25, 0.3) is 0 Å². The number of nitrogens with one attached hydrogen (secondary N) is 1. The van der Waals surface area contributed by atoms with Crippen LogP contribution >= 0.6 is 0 Å². The number of nitrogen functional groups attached to an aromatic ring is 1. The van der Waals surface area contributed by atoms with Crippen LogP contribution in [0.2, 0.25) is 0 Å². The number of H-pyrrole nitrogens is 1. The maximum absolute atomic E-state index is 10.8. The van der Waals surface area contributed by atoms with Crippen molar-refractivity contribution in [1.82, 2.24) is 34.4 Å². The Morgan fingerprint density at radius 2 is 2.00 bits per heavy atom. The van der Waals surface area contributed by atoms with Gasteiger partial charge in [-0.1, -0.05) is 26.8 Å². The van der Waals surface area contributed by atoms with Crippen molar-refractivity contribution in [2.24, 2.45) is 5.92 Å². The Hall–Kier alpha value is -3.12. The minimum Gasteiger partial charge on any atom is -0.388 e. The number of hydrogen-bond donors (Lipinski definition) is 4. The number of fused-ring (bicyclic) bond motifs is 2. The van der Waals surface area contributed by atoms with E-state index in [1.54, 1.807) is 17.8 Å². The standard InChI is InChI=1S/C29H40N8O3/c1-16(38)36(13-20-12-23(39)28(40-20)37-15-33-25-26(30)31-14-32-27(25)37)19-9-17(10-19)5-8-24-34-21-7-6-18(29(2,3)4)11-22(21)35-24/h6-7,11,14-17,19-20,23,28,38-39H,5,8-10,12-13H2,1-4H3,(H,34,35)(H2,30,31,32)/t16?,17-,19+,20-,23+,28+/m0/s1. The van der Waals surface area contributed by atoms with Crippen molar-refractivity contribution < 1.29 is 14.9 Å². The molecule has 2 aliphatic rings. The third-order valence-corrected chi connectivity index (χ3v) is 8.59. The average Bonchev–Trinajstić information content (AvgIpc) is 3.57. The first-order chi connectivity index (χ1) is 19.1. The lowest BCUT2D eigenvalue weighted by Crippen LogP contribution is -2.51. The molecule has 1 saturated carbocycles. The Morgan fingerprint density at radius 3 is 2.75 bits per heavy atom. The van der Waals surface area contributed by atoms with Crippen molar-refractivity contribution in [1.29, 1.82) is 0 Å². The average molecular weight is 549 g/mol. The van der Waals surface area contributed by atoms with E-state index in [1.165, 1.54) is 11.9 Å². The Balaban J connectivity index is 1.03. The van der Waals surface area contributed by atoms with E-state index >= 15 is 0 Å². The summed E-state index contributed by atoms with van der Waals surface area (Å²) in [5.41, 5.74) is 10.5. The van der Waals surface area contributed by atoms with E-state index in [1.807, 2.05) is 0 Å². The van der Waals surface area contributed by atoms with Crippen LogP contribution in [0.25, 0.3) is 22.2 Å². The van der Waals surface area contributed by atoms with E-state index in [0.717, 1.165) is 42.5 Å². The summed E-state index contributed by atoms with van der Waals surface area (Å²) in [7, 11) is 0. The summed E-state index contributed by atoms with van der Waals surface area (Å²) in [6.45, 7) is 9.01. The minimum atomic E-state index is -0.716. The summed E-state index contributed by atoms with van der Waals surface area (Å²) in [6, 6.07) is 6.80. The van der Waals surface area contributed by atoms with Crippen LogP contribution in [0.1, 0.15) is 71.0 Å². The van der Waals surface area contributed by atoms with Gasteiger partial charge in [0.15, 0.2) is 17.7 Å². The first-order valence-corrected chi connectivity index (χ1v) is 14.3. The van der Waals surface area contributed by atoms with Crippen molar-refractivity contribution in [3.8, 4) is 0 Å². The highest BCUT2D eigenvalue weighted by Crippen LogP contribution is 2.38. The number of anilines is 1. The maximum Gasteiger partial charge on any atom is 0.167 e. The number of aliphatic hydroxyl groups excluding tert-OH is 2. The number of nitrogens with two attached hydrogens (primary N) is 1. The molecule has 1 aliphatic carbocycles. The van der Waals surface area contributed by atoms with E-state index < -0.39 is 18.6 Å². The fraction of sp³-hybridized carbons (Fsp3) is 0.586. The number of aliphatic hydroxyl groups is 2. The number of aromatic amines is 1. The second-order valence-electron chi connectivity index (χ2n) is 12.6. The molecule has 4 aromatic rings. The Bertz CT molecular complexity index is 1490. The first kappa shape index (κ1) is 27.1. The number of benzene rings is 1. The summed E-state index contributed by atoms with van der Waals surface area (Å²) in [6.07, 6.45) is 5.32. The smallest absolute Gasteiger partial charge is 0.167 e. The molecular formula is C29H40N8O3. The molecule has 40 heavy (non-hydrogen) atoms. The van der Waals surface area contributed by atoms with Crippen molar-refractivity contribution in [3.63, 3.8) is 0 Å². The first-order valence-electron chi connectivity index (χ1n) is 14.3. The third-order valence-electron chi connectivity index (χ3n) is 8.59. The van der Waals surface area contributed by atoms with E-state index in [0.29, 0.717) is 35.9 Å². The van der Waals surface area contributed by atoms with Gasteiger partial charge in [0.1, 0.15) is 30.0 Å². The van der Waals surface area contributed by atoms with Gasteiger partial charge in [-0.15, -0.1) is 0 Å². The molecule has 1 unspecified atom stereocenters. The number of hydrogen-bond acceptors (Lipinski definition) is 9. The number of imidazole rings is 2. The zero-order valence-corrected chi connectivity index (χ0v) is 23.7. The maximum atomic E-state index is 10.8. The molecule has 1 saturated heterocycles. The lowest BCUT2D eigenvalue weighted by atomic mass is 9.76. The second kappa shape index (κ2) is 10.4. The van der Waals surface area contributed by atoms with Crippen LogP contribution in [-0.2, 0) is 16.6 Å². The van der Waals surface area contributed by atoms with Crippen LogP contribution in [0.4, 0.5) is 5.82 Å². The molecule has 11 heteroatoms. The number of nitrogens with zero attached hydrogens (tertiary/aromatic N) is 6. The molecule has 2 fully saturated rings. The van der Waals surface area contributed by atoms with Gasteiger partial charge in [0.05, 0.1) is 23.5 Å². The largest absolute Gasteiger partial charge is 0.388 e. The molecule has 5 N–H and O–H groups in total. The topological polar surface area (TPSA) is 151 Å². The molecule has 0 radical (unpaired) electrons. The molecule has 6 rings (SSSR count). The van der Waals surface area contributed by atoms with Gasteiger partial charge >= 0.3 is 0 Å². The summed E-state index contributed by atoms with van der Waals surface area (Å²) in [5, 5.41) is 21.4. The van der Waals surface area contributed by atoms with Gasteiger partial charge in [-0.05, 0) is 55.2 Å². The Kier molecular flexibility index (Phi) is 7.02. The molecule has 0 spiro atoms. The van der Waals surface area contributed by atoms with Gasteiger partial charge in [-0.25, -0.2) is 19.9 Å². The van der Waals surface area contributed by atoms with Crippen LogP contribution in [-0.4, -0.2) is 75.6 Å². The lowest BCUT2D eigenvalue weighted by molar-refractivity contribution is -0.0931. The summed E-state index contributed by atoms with van der Waals surface area (Å²) in [4.78, 5) is 23.0. The van der Waals surface area contributed by atoms with Crippen molar-refractivity contribution in [3.05, 3.63) is 42.2 Å². The zero-order chi connectivity index (χ0) is 28.2. The summed E-state index contributed by atoms with van der Waals surface area (Å²) < 4.78 is 7.98. The molecule has 11 nitrogen and oxygen atoms in total. The van der Waals surface area contributed by atoms with Gasteiger partial charge in [0, 0.05) is 25.4 Å². The highest BCUT2D eigenvalue weighted by molar-refractivity contribution is 5.81. The van der Waals surface area contributed by atoms with Gasteiger partial charge in [0.2, 0.25) is 0 Å². The predicted molar refractivity (Wildman–Crippen MR) is 152 cm³/mol. The van der Waals surface area contributed by atoms with E-state index in [4.69, 9.17) is 15.5 Å². The normalized spacial score (nSPS) is 26.1. The van der Waals surface area contributed by atoms with Crippen LogP contribution in [0.3, 0.4) is 0 Å². The molecule has 4 atom stereocenters. The van der Waals surface area contributed by atoms with Gasteiger partial charge < -0.3 is 25.7 Å². The minimum absolute atomic E-state index is 0.101. The van der Waals surface area contributed by atoms with E-state index in [2.05, 4.69) is 63.8 Å². The molecule has 0 amide bonds. The van der Waals surface area contributed by atoms with E-state index in [-0.39, 0.29) is 17.6 Å². The monoisotopic (exact) mass is 548 g/mol. The SMILES string of the molecule is CC(O)N(C[C@@H]1C[C@@H](O)[C@H](n2cnc3c(N)ncnc32)O1)[C@H]1C[C@@H](CCc2nc3cc(C(C)(C)C)ccc3[nH]2)C1. The van der Waals surface area contributed by atoms with Gasteiger partial charge in [-0.2, -0.15) is 0 Å². The molecule has 1 aliphatic heterocycles. The van der Waals surface area contributed by atoms with Crippen LogP contribution in [0.15, 0.2) is 30.9 Å². The number of rotatable bonds is 8. The fourth-order valence-electron chi connectivity index (χ4n) is 6.19. The number of aryl methyl sites for hydroxylation is 1. The quantitative estimate of drug-likeness (QED) is 0.243. The third kappa shape index (κ3) is 5.18.